The molecule has 0 saturated heterocycles. The van der Waals surface area contributed by atoms with Gasteiger partial charge in [0.15, 0.2) is 0 Å². The largest absolute Gasteiger partial charge is 0.391 e. The molecular weight excluding hydrogens is 258 g/mol. The third kappa shape index (κ3) is 3.51. The molecular formula is C15H21NO2S. The van der Waals surface area contributed by atoms with Gasteiger partial charge in [-0.05, 0) is 49.6 Å². The fourth-order valence-corrected chi connectivity index (χ4v) is 2.60. The highest BCUT2D eigenvalue weighted by atomic mass is 32.2. The Morgan fingerprint density at radius 3 is 2.79 bits per heavy atom. The summed E-state index contributed by atoms with van der Waals surface area (Å²) in [5.74, 6) is 0.391. The number of nitrogens with zero attached hydrogens (tertiary/aromatic N) is 1. The van der Waals surface area contributed by atoms with E-state index >= 15 is 0 Å². The first-order valence-corrected chi connectivity index (χ1v) is 7.83. The van der Waals surface area contributed by atoms with Crippen LogP contribution in [0.3, 0.4) is 0 Å². The summed E-state index contributed by atoms with van der Waals surface area (Å²) in [5, 5.41) is 9.93. The molecule has 2 rings (SSSR count). The van der Waals surface area contributed by atoms with Gasteiger partial charge in [0.05, 0.1) is 6.10 Å². The van der Waals surface area contributed by atoms with Crippen molar-refractivity contribution in [1.29, 1.82) is 0 Å². The molecule has 0 aliphatic heterocycles. The van der Waals surface area contributed by atoms with Crippen LogP contribution in [0.25, 0.3) is 0 Å². The molecule has 1 saturated carbocycles. The SMILES string of the molecule is CSc1ccc(C)c(C(=O)N(C)CC(O)C2CC2)c1. The average Bonchev–Trinajstić information content (AvgIpc) is 3.22. The molecule has 1 aliphatic rings. The number of carbonyl (C=O) groups is 1. The molecule has 0 bridgehead atoms. The molecule has 3 nitrogen and oxygen atoms in total. The first-order chi connectivity index (χ1) is 9.02. The molecule has 1 unspecified atom stereocenters. The van der Waals surface area contributed by atoms with Crippen molar-refractivity contribution in [2.45, 2.75) is 30.8 Å². The van der Waals surface area contributed by atoms with Crippen molar-refractivity contribution in [2.24, 2.45) is 5.92 Å². The normalized spacial score (nSPS) is 16.2. The Balaban J connectivity index is 2.09. The van der Waals surface area contributed by atoms with E-state index in [0.717, 1.165) is 28.9 Å². The molecule has 1 aromatic carbocycles. The number of aliphatic hydroxyl groups is 1. The lowest BCUT2D eigenvalue weighted by Gasteiger charge is -2.21. The van der Waals surface area contributed by atoms with Crippen LogP contribution in [0, 0.1) is 12.8 Å². The molecule has 4 heteroatoms. The van der Waals surface area contributed by atoms with Gasteiger partial charge in [-0.15, -0.1) is 11.8 Å². The van der Waals surface area contributed by atoms with Gasteiger partial charge in [-0.25, -0.2) is 0 Å². The highest BCUT2D eigenvalue weighted by Crippen LogP contribution is 2.33. The summed E-state index contributed by atoms with van der Waals surface area (Å²) in [5.41, 5.74) is 1.72. The average molecular weight is 279 g/mol. The van der Waals surface area contributed by atoms with E-state index in [2.05, 4.69) is 0 Å². The van der Waals surface area contributed by atoms with Crippen molar-refractivity contribution in [3.05, 3.63) is 29.3 Å². The van der Waals surface area contributed by atoms with Crippen LogP contribution in [-0.2, 0) is 0 Å². The Morgan fingerprint density at radius 2 is 2.21 bits per heavy atom. The van der Waals surface area contributed by atoms with Crippen LogP contribution in [0.4, 0.5) is 0 Å². The molecule has 1 aliphatic carbocycles. The quantitative estimate of drug-likeness (QED) is 0.842. The fraction of sp³-hybridized carbons (Fsp3) is 0.533. The lowest BCUT2D eigenvalue weighted by atomic mass is 10.1. The summed E-state index contributed by atoms with van der Waals surface area (Å²) in [4.78, 5) is 15.1. The van der Waals surface area contributed by atoms with E-state index in [1.54, 1.807) is 23.7 Å². The number of aryl methyl sites for hydroxylation is 1. The molecule has 0 aromatic heterocycles. The van der Waals surface area contributed by atoms with E-state index in [4.69, 9.17) is 0 Å². The van der Waals surface area contributed by atoms with Crippen molar-refractivity contribution in [2.75, 3.05) is 19.8 Å². The van der Waals surface area contributed by atoms with E-state index in [-0.39, 0.29) is 12.0 Å². The van der Waals surface area contributed by atoms with Crippen molar-refractivity contribution in [3.63, 3.8) is 0 Å². The number of likely N-dealkylation sites (N-methyl/N-ethyl adjacent to an activating group) is 1. The number of rotatable bonds is 5. The van der Waals surface area contributed by atoms with Crippen molar-refractivity contribution >= 4 is 17.7 Å². The van der Waals surface area contributed by atoms with Crippen LogP contribution in [0.15, 0.2) is 23.1 Å². The molecule has 104 valence electrons. The smallest absolute Gasteiger partial charge is 0.253 e. The summed E-state index contributed by atoms with van der Waals surface area (Å²) in [6.45, 7) is 2.37. The molecule has 1 atom stereocenters. The summed E-state index contributed by atoms with van der Waals surface area (Å²) in [7, 11) is 1.76. The Labute approximate surface area is 119 Å². The van der Waals surface area contributed by atoms with Gasteiger partial charge in [-0.1, -0.05) is 6.07 Å². The van der Waals surface area contributed by atoms with E-state index in [0.29, 0.717) is 12.5 Å². The van der Waals surface area contributed by atoms with Crippen LogP contribution < -0.4 is 0 Å². The summed E-state index contributed by atoms with van der Waals surface area (Å²) >= 11 is 1.63. The zero-order valence-corrected chi connectivity index (χ0v) is 12.5. The first kappa shape index (κ1) is 14.4. The second-order valence-electron chi connectivity index (χ2n) is 5.27. The minimum Gasteiger partial charge on any atom is -0.391 e. The van der Waals surface area contributed by atoms with Crippen LogP contribution in [0.2, 0.25) is 0 Å². The van der Waals surface area contributed by atoms with Crippen LogP contribution in [-0.4, -0.2) is 41.9 Å². The fourth-order valence-electron chi connectivity index (χ4n) is 2.16. The molecule has 0 radical (unpaired) electrons. The third-order valence-electron chi connectivity index (χ3n) is 3.65. The molecule has 0 spiro atoms. The van der Waals surface area contributed by atoms with Gasteiger partial charge in [-0.3, -0.25) is 4.79 Å². The lowest BCUT2D eigenvalue weighted by molar-refractivity contribution is 0.0644. The predicted octanol–water partition coefficient (Wildman–Crippen LogP) is 2.56. The second kappa shape index (κ2) is 5.97. The van der Waals surface area contributed by atoms with Crippen LogP contribution >= 0.6 is 11.8 Å². The number of hydrogen-bond acceptors (Lipinski definition) is 3. The van der Waals surface area contributed by atoms with Gasteiger partial charge < -0.3 is 10.0 Å². The number of aliphatic hydroxyl groups excluding tert-OH is 1. The van der Waals surface area contributed by atoms with E-state index in [1.807, 2.05) is 31.4 Å². The van der Waals surface area contributed by atoms with Crippen molar-refractivity contribution in [1.82, 2.24) is 4.90 Å². The number of amides is 1. The van der Waals surface area contributed by atoms with Gasteiger partial charge >= 0.3 is 0 Å². The Bertz CT molecular complexity index is 471. The van der Waals surface area contributed by atoms with E-state index in [9.17, 15) is 9.90 Å². The first-order valence-electron chi connectivity index (χ1n) is 6.61. The lowest BCUT2D eigenvalue weighted by Crippen LogP contribution is -2.35. The predicted molar refractivity (Wildman–Crippen MR) is 78.7 cm³/mol. The second-order valence-corrected chi connectivity index (χ2v) is 6.15. The number of carbonyl (C=O) groups excluding carboxylic acids is 1. The Kier molecular flexibility index (Phi) is 4.53. The zero-order chi connectivity index (χ0) is 14.0. The maximum Gasteiger partial charge on any atom is 0.253 e. The molecule has 1 aromatic rings. The Morgan fingerprint density at radius 1 is 1.53 bits per heavy atom. The summed E-state index contributed by atoms with van der Waals surface area (Å²) < 4.78 is 0. The molecule has 1 fully saturated rings. The maximum absolute atomic E-state index is 12.4. The summed E-state index contributed by atoms with van der Waals surface area (Å²) in [6, 6.07) is 5.93. The van der Waals surface area contributed by atoms with Crippen LogP contribution in [0.5, 0.6) is 0 Å². The van der Waals surface area contributed by atoms with Gasteiger partial charge in [0.1, 0.15) is 0 Å². The molecule has 19 heavy (non-hydrogen) atoms. The minimum absolute atomic E-state index is 0.00639. The third-order valence-corrected chi connectivity index (χ3v) is 4.37. The monoisotopic (exact) mass is 279 g/mol. The number of benzene rings is 1. The Hall–Kier alpha value is -1.00. The zero-order valence-electron chi connectivity index (χ0n) is 11.7. The van der Waals surface area contributed by atoms with Gasteiger partial charge in [-0.2, -0.15) is 0 Å². The maximum atomic E-state index is 12.4. The standard InChI is InChI=1S/C15H21NO2S/c1-10-4-7-12(19-3)8-13(10)15(18)16(2)9-14(17)11-5-6-11/h4,7-8,11,14,17H,5-6,9H2,1-3H3. The van der Waals surface area contributed by atoms with Gasteiger partial charge in [0.25, 0.3) is 5.91 Å². The summed E-state index contributed by atoms with van der Waals surface area (Å²) in [6.07, 6.45) is 3.80. The number of hydrogen-bond donors (Lipinski definition) is 1. The molecule has 0 heterocycles. The molecule has 1 amide bonds. The van der Waals surface area contributed by atoms with Crippen LogP contribution in [0.1, 0.15) is 28.8 Å². The van der Waals surface area contributed by atoms with Gasteiger partial charge in [0.2, 0.25) is 0 Å². The van der Waals surface area contributed by atoms with Crippen molar-refractivity contribution in [3.8, 4) is 0 Å². The highest BCUT2D eigenvalue weighted by Gasteiger charge is 2.31. The topological polar surface area (TPSA) is 40.5 Å². The minimum atomic E-state index is -0.377. The van der Waals surface area contributed by atoms with E-state index in [1.165, 1.54) is 0 Å². The van der Waals surface area contributed by atoms with E-state index < -0.39 is 0 Å². The highest BCUT2D eigenvalue weighted by molar-refractivity contribution is 7.98. The van der Waals surface area contributed by atoms with Crippen molar-refractivity contribution < 1.29 is 9.90 Å². The number of thioether (sulfide) groups is 1. The molecule has 1 N–H and O–H groups in total. The van der Waals surface area contributed by atoms with Gasteiger partial charge in [0, 0.05) is 24.1 Å².